The third-order valence-corrected chi connectivity index (χ3v) is 20.0. The van der Waals surface area contributed by atoms with Gasteiger partial charge in [0.1, 0.15) is 11.4 Å². The van der Waals surface area contributed by atoms with E-state index in [2.05, 4.69) is 56.9 Å². The number of carboxylic acid groups (broad SMARTS) is 1. The minimum Gasteiger partial charge on any atom is -0.478 e. The van der Waals surface area contributed by atoms with E-state index in [4.69, 9.17) is 16.5 Å². The number of nitrogens with zero attached hydrogens (tertiary/aromatic N) is 1. The van der Waals surface area contributed by atoms with E-state index < -0.39 is 79.1 Å². The molecule has 0 amide bonds. The van der Waals surface area contributed by atoms with Crippen molar-refractivity contribution in [3.8, 4) is 11.8 Å². The Kier molecular flexibility index (Phi) is 8.24. The summed E-state index contributed by atoms with van der Waals surface area (Å²) in [6, 6.07) is 8.34. The molecule has 1 aromatic carbocycles. The number of hydrogen-bond donors (Lipinski definition) is 6. The van der Waals surface area contributed by atoms with Gasteiger partial charge in [0.2, 0.25) is 0 Å². The SMILES string of the molecule is CC1C2C(N=C(N)N)(C=CC13CC1(O)C=CC4(O)C5=C6C(=O)CC3(C)C51CCC#CCC1(C)C(=O)CCC6(C)C1C4C1=Cc3ccccc3CC1)CCC1=C(C(=O)O)CCCC12O. The number of aliphatic carboxylic acids is 1. The maximum absolute atomic E-state index is 16.0. The van der Waals surface area contributed by atoms with Crippen LogP contribution in [0.15, 0.2) is 81.4 Å². The highest BCUT2D eigenvalue weighted by atomic mass is 16.4. The van der Waals surface area contributed by atoms with E-state index in [0.717, 1.165) is 17.6 Å². The van der Waals surface area contributed by atoms with E-state index in [9.17, 15) is 30.0 Å². The van der Waals surface area contributed by atoms with Gasteiger partial charge in [0, 0.05) is 70.3 Å². The Balaban J connectivity index is 1.21. The van der Waals surface area contributed by atoms with Crippen molar-refractivity contribution < 1.29 is 34.8 Å². The minimum absolute atomic E-state index is 0.0669. The highest BCUT2D eigenvalue weighted by molar-refractivity contribution is 6.02. The first-order valence-electron chi connectivity index (χ1n) is 23.4. The molecular weight excluding hydrogens is 791 g/mol. The largest absolute Gasteiger partial charge is 0.478 e. The lowest BCUT2D eigenvalue weighted by atomic mass is 9.33. The molecule has 13 unspecified atom stereocenters. The fourth-order valence-corrected chi connectivity index (χ4v) is 17.8. The quantitative estimate of drug-likeness (QED) is 0.0859. The van der Waals surface area contributed by atoms with Crippen LogP contribution < -0.4 is 11.5 Å². The number of allylic oxidation sites excluding steroid dienone is 2. The van der Waals surface area contributed by atoms with Gasteiger partial charge in [-0.2, -0.15) is 0 Å². The fourth-order valence-electron chi connectivity index (χ4n) is 17.8. The highest BCUT2D eigenvalue weighted by Gasteiger charge is 2.84. The Morgan fingerprint density at radius 1 is 0.857 bits per heavy atom. The third-order valence-electron chi connectivity index (χ3n) is 20.0. The summed E-state index contributed by atoms with van der Waals surface area (Å²) in [4.78, 5) is 48.3. The molecule has 1 aromatic rings. The van der Waals surface area contributed by atoms with Crippen molar-refractivity contribution in [3.05, 3.63) is 87.6 Å². The van der Waals surface area contributed by atoms with Gasteiger partial charge in [0.15, 0.2) is 11.7 Å². The molecule has 3 saturated carbocycles. The summed E-state index contributed by atoms with van der Waals surface area (Å²) in [5.41, 5.74) is 6.76. The number of carboxylic acids is 1. The molecule has 10 nitrogen and oxygen atoms in total. The van der Waals surface area contributed by atoms with Crippen molar-refractivity contribution in [2.45, 2.75) is 140 Å². The first kappa shape index (κ1) is 41.2. The summed E-state index contributed by atoms with van der Waals surface area (Å²) in [6.07, 6.45) is 15.4. The van der Waals surface area contributed by atoms with Crippen molar-refractivity contribution in [2.24, 2.45) is 67.2 Å². The smallest absolute Gasteiger partial charge is 0.331 e. The number of aryl methyl sites for hydroxylation is 1. The number of aliphatic imine (C=N–C) groups is 1. The Morgan fingerprint density at radius 3 is 2.40 bits per heavy atom. The predicted octanol–water partition coefficient (Wildman–Crippen LogP) is 6.43. The zero-order valence-electron chi connectivity index (χ0n) is 37.0. The van der Waals surface area contributed by atoms with Crippen LogP contribution in [0.2, 0.25) is 0 Å². The number of fused-ring (bicyclic) bond motifs is 6. The van der Waals surface area contributed by atoms with Crippen LogP contribution in [0.25, 0.3) is 6.08 Å². The molecule has 10 aliphatic carbocycles. The van der Waals surface area contributed by atoms with Crippen LogP contribution in [0.4, 0.5) is 0 Å². The van der Waals surface area contributed by atoms with Crippen LogP contribution in [0.1, 0.15) is 122 Å². The number of nitrogens with two attached hydrogens (primary N) is 2. The molecule has 3 fully saturated rings. The van der Waals surface area contributed by atoms with Gasteiger partial charge in [0.25, 0.3) is 0 Å². The molecular formula is C53H61N3O7. The van der Waals surface area contributed by atoms with E-state index in [1.54, 1.807) is 6.08 Å². The van der Waals surface area contributed by atoms with Gasteiger partial charge in [0.05, 0.1) is 16.7 Å². The standard InChI is InChI=1S/C53H61N3O7/c1-30-40-49(56-44(54)55,22-16-35-34(43(59)60)13-10-19-51(35,40)62)24-23-48(30)29-50(61)25-26-52(63)38(33-15-14-31-11-6-7-12-32(31)27-33)41-45(2)18-8-5-9-20-53(50)42(52)39(36(57)28-47(48,53)4)46(41,3)21-17-37(45)58/h6-7,11-12,23-27,30,38,40-41,61-63H,9-10,13-22,28-29H2,1-4H3,(H,59,60)(H4,54,55,56). The summed E-state index contributed by atoms with van der Waals surface area (Å²) >= 11 is 0. The second kappa shape index (κ2) is 12.6. The minimum atomic E-state index is -1.74. The molecule has 10 heteroatoms. The zero-order chi connectivity index (χ0) is 44.5. The number of carbonyl (C=O) groups excluding carboxylic acids is 2. The lowest BCUT2D eigenvalue weighted by molar-refractivity contribution is -0.173. The van der Waals surface area contributed by atoms with Crippen LogP contribution in [0, 0.1) is 62.6 Å². The number of benzene rings is 1. The number of aliphatic hydroxyl groups is 3. The molecule has 13 atom stereocenters. The van der Waals surface area contributed by atoms with Gasteiger partial charge >= 0.3 is 5.97 Å². The molecule has 0 heterocycles. The normalized spacial score (nSPS) is 47.4. The van der Waals surface area contributed by atoms with E-state index in [-0.39, 0.29) is 42.4 Å². The van der Waals surface area contributed by atoms with Crippen molar-refractivity contribution in [1.29, 1.82) is 0 Å². The number of ketones is 2. The van der Waals surface area contributed by atoms with E-state index in [1.165, 1.54) is 5.56 Å². The lowest BCUT2D eigenvalue weighted by Crippen LogP contribution is -2.72. The topological polar surface area (TPSA) is 197 Å². The van der Waals surface area contributed by atoms with Crippen LogP contribution >= 0.6 is 0 Å². The average Bonchev–Trinajstić information content (AvgIpc) is 3.38. The number of rotatable bonds is 3. The van der Waals surface area contributed by atoms with Crippen LogP contribution in [0.5, 0.6) is 0 Å². The molecule has 330 valence electrons. The first-order valence-corrected chi connectivity index (χ1v) is 23.4. The lowest BCUT2D eigenvalue weighted by Gasteiger charge is -2.70. The van der Waals surface area contributed by atoms with Crippen LogP contribution in [-0.4, -0.2) is 66.3 Å². The fraction of sp³-hybridized carbons (Fsp3) is 0.585. The molecule has 63 heavy (non-hydrogen) atoms. The maximum Gasteiger partial charge on any atom is 0.331 e. The molecule has 10 aliphatic rings. The van der Waals surface area contributed by atoms with E-state index in [0.29, 0.717) is 80.9 Å². The zero-order valence-corrected chi connectivity index (χ0v) is 37.0. The highest BCUT2D eigenvalue weighted by Crippen LogP contribution is 2.84. The maximum atomic E-state index is 16.0. The Bertz CT molecular complexity index is 2610. The Labute approximate surface area is 369 Å². The predicted molar refractivity (Wildman–Crippen MR) is 238 cm³/mol. The van der Waals surface area contributed by atoms with Gasteiger partial charge in [-0.3, -0.25) is 9.59 Å². The summed E-state index contributed by atoms with van der Waals surface area (Å²) in [6.45, 7) is 8.41. The van der Waals surface area contributed by atoms with Crippen molar-refractivity contribution in [2.75, 3.05) is 0 Å². The van der Waals surface area contributed by atoms with E-state index in [1.807, 2.05) is 31.2 Å². The summed E-state index contributed by atoms with van der Waals surface area (Å²) in [5, 5.41) is 52.2. The number of hydrogen-bond acceptors (Lipinski definition) is 7. The summed E-state index contributed by atoms with van der Waals surface area (Å²) < 4.78 is 0. The molecule has 0 radical (unpaired) electrons. The average molecular weight is 852 g/mol. The van der Waals surface area contributed by atoms with Gasteiger partial charge in [-0.05, 0) is 110 Å². The van der Waals surface area contributed by atoms with E-state index >= 15 is 4.79 Å². The second-order valence-corrected chi connectivity index (χ2v) is 22.2. The molecule has 0 aliphatic heterocycles. The van der Waals surface area contributed by atoms with Crippen LogP contribution in [-0.2, 0) is 20.8 Å². The van der Waals surface area contributed by atoms with Gasteiger partial charge < -0.3 is 31.9 Å². The first-order chi connectivity index (χ1) is 29.7. The Hall–Kier alpha value is -4.56. The van der Waals surface area contributed by atoms with Gasteiger partial charge in [-0.1, -0.05) is 81.8 Å². The number of carbonyl (C=O) groups is 3. The molecule has 4 bridgehead atoms. The monoisotopic (exact) mass is 851 g/mol. The van der Waals surface area contributed by atoms with Gasteiger partial charge in [-0.15, -0.1) is 11.8 Å². The van der Waals surface area contributed by atoms with Crippen molar-refractivity contribution in [1.82, 2.24) is 0 Å². The number of guanidine groups is 1. The summed E-state index contributed by atoms with van der Waals surface area (Å²) in [5.74, 6) is 3.58. The van der Waals surface area contributed by atoms with Crippen LogP contribution in [0.3, 0.4) is 0 Å². The molecule has 11 rings (SSSR count). The molecule has 8 N–H and O–H groups in total. The molecule has 0 aromatic heterocycles. The second-order valence-electron chi connectivity index (χ2n) is 22.2. The molecule has 2 spiro atoms. The van der Waals surface area contributed by atoms with Crippen molar-refractivity contribution in [3.63, 3.8) is 0 Å². The van der Waals surface area contributed by atoms with Crippen molar-refractivity contribution >= 4 is 29.6 Å². The third kappa shape index (κ3) is 4.62. The summed E-state index contributed by atoms with van der Waals surface area (Å²) in [7, 11) is 0. The molecule has 0 saturated heterocycles. The Morgan fingerprint density at radius 2 is 1.63 bits per heavy atom. The number of Topliss-reactive ketones (excluding diaryl/α,β-unsaturated/α-hetero) is 2. The van der Waals surface area contributed by atoms with Gasteiger partial charge in [-0.25, -0.2) is 9.79 Å².